The molecule has 0 atom stereocenters. The van der Waals surface area contributed by atoms with Crippen molar-refractivity contribution < 1.29 is 0 Å². The summed E-state index contributed by atoms with van der Waals surface area (Å²) in [6, 6.07) is 0. The van der Waals surface area contributed by atoms with E-state index in [1.807, 2.05) is 12.2 Å². The molecule has 1 saturated heterocycles. The summed E-state index contributed by atoms with van der Waals surface area (Å²) in [5.41, 5.74) is 8.19. The first-order valence-corrected chi connectivity index (χ1v) is 4.36. The van der Waals surface area contributed by atoms with Gasteiger partial charge < -0.3 is 11.1 Å². The second-order valence-corrected chi connectivity index (χ2v) is 3.14. The van der Waals surface area contributed by atoms with Gasteiger partial charge in [-0.3, -0.25) is 5.43 Å². The Morgan fingerprint density at radius 1 is 1.58 bits per heavy atom. The number of rotatable bonds is 2. The molecule has 0 aromatic heterocycles. The van der Waals surface area contributed by atoms with Gasteiger partial charge in [0, 0.05) is 33.2 Å². The number of nitrogens with one attached hydrogen (secondary N) is 2. The lowest BCUT2D eigenvalue weighted by Gasteiger charge is -2.34. The largest absolute Gasteiger partial charge is 0.375 e. The normalized spacial score (nSPS) is 19.5. The van der Waals surface area contributed by atoms with Crippen molar-refractivity contribution in [3.05, 3.63) is 0 Å². The Morgan fingerprint density at radius 3 is 2.67 bits per heavy atom. The van der Waals surface area contributed by atoms with Crippen LogP contribution in [0.3, 0.4) is 0 Å². The van der Waals surface area contributed by atoms with Gasteiger partial charge in [-0.25, -0.2) is 5.01 Å². The number of nitrogens with two attached hydrogens (primary N) is 1. The molecule has 1 aliphatic heterocycles. The highest BCUT2D eigenvalue weighted by Gasteiger charge is 2.13. The maximum atomic E-state index is 5.34. The van der Waals surface area contributed by atoms with E-state index < -0.39 is 0 Å². The summed E-state index contributed by atoms with van der Waals surface area (Å²) in [6.45, 7) is 3.96. The van der Waals surface area contributed by atoms with Gasteiger partial charge in [0.2, 0.25) is 0 Å². The summed E-state index contributed by atoms with van der Waals surface area (Å²) in [5, 5.41) is 7.55. The van der Waals surface area contributed by atoms with Crippen molar-refractivity contribution in [3.63, 3.8) is 0 Å². The lowest BCUT2D eigenvalue weighted by Crippen LogP contribution is -2.57. The number of hydrazine groups is 2. The third kappa shape index (κ3) is 2.90. The molecule has 70 valence electrons. The van der Waals surface area contributed by atoms with E-state index in [1.54, 1.807) is 0 Å². The molecule has 0 aromatic carbocycles. The molecule has 0 bridgehead atoms. The van der Waals surface area contributed by atoms with E-state index in [0.717, 1.165) is 26.2 Å². The number of hydrogen-bond acceptors (Lipinski definition) is 4. The van der Waals surface area contributed by atoms with Gasteiger partial charge in [0.25, 0.3) is 0 Å². The van der Waals surface area contributed by atoms with Gasteiger partial charge >= 0.3 is 0 Å². The molecule has 1 rings (SSSR count). The fourth-order valence-electron chi connectivity index (χ4n) is 1.18. The minimum absolute atomic E-state index is 0.302. The summed E-state index contributed by atoms with van der Waals surface area (Å²) >= 11 is 4.72. The van der Waals surface area contributed by atoms with Crippen molar-refractivity contribution in [2.75, 3.05) is 33.2 Å². The highest BCUT2D eigenvalue weighted by atomic mass is 32.1. The Kier molecular flexibility index (Phi) is 3.67. The van der Waals surface area contributed by atoms with Gasteiger partial charge in [-0.05, 0) is 12.2 Å². The third-order valence-corrected chi connectivity index (χ3v) is 1.88. The molecule has 0 amide bonds. The molecule has 0 spiro atoms. The molecular formula is C6H15N5S. The maximum Gasteiger partial charge on any atom is 0.179 e. The Hall–Kier alpha value is -0.430. The molecule has 0 aliphatic carbocycles. The summed E-state index contributed by atoms with van der Waals surface area (Å²) in [4.78, 5) is 0. The molecule has 12 heavy (non-hydrogen) atoms. The molecule has 0 aromatic rings. The number of thiocarbonyl (C=S) groups is 1. The van der Waals surface area contributed by atoms with Gasteiger partial charge in [-0.1, -0.05) is 0 Å². The highest BCUT2D eigenvalue weighted by Crippen LogP contribution is 1.93. The minimum atomic E-state index is 0.302. The van der Waals surface area contributed by atoms with Crippen molar-refractivity contribution in [1.82, 2.24) is 20.9 Å². The zero-order chi connectivity index (χ0) is 8.97. The molecular weight excluding hydrogens is 174 g/mol. The fourth-order valence-corrected chi connectivity index (χ4v) is 1.32. The van der Waals surface area contributed by atoms with Crippen LogP contribution in [-0.2, 0) is 0 Å². The summed E-state index contributed by atoms with van der Waals surface area (Å²) in [7, 11) is 1.91. The van der Waals surface area contributed by atoms with Gasteiger partial charge in [-0.2, -0.15) is 5.12 Å². The Balaban J connectivity index is 2.29. The van der Waals surface area contributed by atoms with E-state index in [4.69, 9.17) is 18.0 Å². The van der Waals surface area contributed by atoms with Crippen LogP contribution >= 0.6 is 12.2 Å². The number of piperazine rings is 1. The average molecular weight is 189 g/mol. The Bertz CT molecular complexity index is 156. The smallest absolute Gasteiger partial charge is 0.179 e. The molecule has 0 radical (unpaired) electrons. The van der Waals surface area contributed by atoms with E-state index >= 15 is 0 Å². The van der Waals surface area contributed by atoms with Crippen LogP contribution in [0.2, 0.25) is 0 Å². The lowest BCUT2D eigenvalue weighted by molar-refractivity contribution is -0.0339. The van der Waals surface area contributed by atoms with Gasteiger partial charge in [0.1, 0.15) is 0 Å². The second-order valence-electron chi connectivity index (χ2n) is 2.70. The highest BCUT2D eigenvalue weighted by molar-refractivity contribution is 7.80. The average Bonchev–Trinajstić information content (AvgIpc) is 2.05. The van der Waals surface area contributed by atoms with Gasteiger partial charge in [0.05, 0.1) is 0 Å². The first-order chi connectivity index (χ1) is 5.70. The monoisotopic (exact) mass is 189 g/mol. The van der Waals surface area contributed by atoms with Crippen LogP contribution in [0.15, 0.2) is 0 Å². The van der Waals surface area contributed by atoms with Crippen molar-refractivity contribution >= 4 is 17.3 Å². The van der Waals surface area contributed by atoms with Crippen LogP contribution < -0.4 is 16.5 Å². The second kappa shape index (κ2) is 4.56. The quantitative estimate of drug-likeness (QED) is 0.363. The summed E-state index contributed by atoms with van der Waals surface area (Å²) in [5.74, 6) is 0. The van der Waals surface area contributed by atoms with Crippen LogP contribution in [0.4, 0.5) is 0 Å². The van der Waals surface area contributed by atoms with Crippen LogP contribution in [0.1, 0.15) is 0 Å². The van der Waals surface area contributed by atoms with Crippen LogP contribution in [-0.4, -0.2) is 48.5 Å². The Labute approximate surface area is 77.8 Å². The van der Waals surface area contributed by atoms with E-state index in [9.17, 15) is 0 Å². The first kappa shape index (κ1) is 9.66. The Morgan fingerprint density at radius 2 is 2.17 bits per heavy atom. The molecule has 0 unspecified atom stereocenters. The van der Waals surface area contributed by atoms with E-state index in [0.29, 0.717) is 5.11 Å². The van der Waals surface area contributed by atoms with Crippen molar-refractivity contribution in [1.29, 1.82) is 0 Å². The van der Waals surface area contributed by atoms with E-state index in [1.165, 1.54) is 0 Å². The third-order valence-electron chi connectivity index (χ3n) is 1.79. The van der Waals surface area contributed by atoms with Crippen LogP contribution in [0.25, 0.3) is 0 Å². The molecule has 1 aliphatic rings. The summed E-state index contributed by atoms with van der Waals surface area (Å²) < 4.78 is 0. The molecule has 4 N–H and O–H groups in total. The molecule has 6 heteroatoms. The predicted octanol–water partition coefficient (Wildman–Crippen LogP) is -1.51. The lowest BCUT2D eigenvalue weighted by atomic mass is 10.4. The SMILES string of the molecule is CN(NC(N)=S)N1CCNCC1. The minimum Gasteiger partial charge on any atom is -0.375 e. The number of nitrogens with zero attached hydrogens (tertiary/aromatic N) is 2. The fraction of sp³-hybridized carbons (Fsp3) is 0.833. The molecule has 0 saturated carbocycles. The number of hydrogen-bond donors (Lipinski definition) is 3. The molecule has 1 heterocycles. The van der Waals surface area contributed by atoms with Crippen LogP contribution in [0.5, 0.6) is 0 Å². The van der Waals surface area contributed by atoms with Crippen molar-refractivity contribution in [2.45, 2.75) is 0 Å². The van der Waals surface area contributed by atoms with E-state index in [-0.39, 0.29) is 0 Å². The van der Waals surface area contributed by atoms with Gasteiger partial charge in [0.15, 0.2) is 5.11 Å². The van der Waals surface area contributed by atoms with Crippen LogP contribution in [0, 0.1) is 0 Å². The zero-order valence-electron chi connectivity index (χ0n) is 7.21. The predicted molar refractivity (Wildman–Crippen MR) is 52.1 cm³/mol. The molecule has 5 nitrogen and oxygen atoms in total. The first-order valence-electron chi connectivity index (χ1n) is 3.95. The summed E-state index contributed by atoms with van der Waals surface area (Å²) in [6.07, 6.45) is 0. The topological polar surface area (TPSA) is 56.6 Å². The molecule has 1 fully saturated rings. The van der Waals surface area contributed by atoms with Gasteiger partial charge in [-0.15, -0.1) is 0 Å². The maximum absolute atomic E-state index is 5.34. The standard InChI is InChI=1S/C6H15N5S/c1-10(9-6(7)12)11-4-2-8-3-5-11/h8H,2-5H2,1H3,(H3,7,9,12). The van der Waals surface area contributed by atoms with Crippen molar-refractivity contribution in [3.8, 4) is 0 Å². The van der Waals surface area contributed by atoms with E-state index in [2.05, 4.69) is 15.8 Å². The zero-order valence-corrected chi connectivity index (χ0v) is 8.02. The van der Waals surface area contributed by atoms with Crippen molar-refractivity contribution in [2.24, 2.45) is 5.73 Å².